The Labute approximate surface area is 188 Å². The zero-order valence-electron chi connectivity index (χ0n) is 18.7. The Morgan fingerprint density at radius 3 is 2.62 bits per heavy atom. The van der Waals surface area contributed by atoms with Crippen molar-refractivity contribution in [2.75, 3.05) is 27.2 Å². The highest BCUT2D eigenvalue weighted by atomic mass is 16.5. The Bertz CT molecular complexity index is 1090. The van der Waals surface area contributed by atoms with Crippen LogP contribution >= 0.6 is 0 Å². The molecule has 0 radical (unpaired) electrons. The molecule has 3 aromatic rings. The topological polar surface area (TPSA) is 79.5 Å². The molecule has 1 aliphatic rings. The molecule has 3 heterocycles. The van der Waals surface area contributed by atoms with Gasteiger partial charge in [-0.1, -0.05) is 41.1 Å². The van der Waals surface area contributed by atoms with Crippen molar-refractivity contribution in [1.82, 2.24) is 19.9 Å². The summed E-state index contributed by atoms with van der Waals surface area (Å²) in [5.41, 5.74) is 2.50. The van der Waals surface area contributed by atoms with Gasteiger partial charge in [0.25, 0.3) is 5.91 Å². The lowest BCUT2D eigenvalue weighted by Gasteiger charge is -2.42. The van der Waals surface area contributed by atoms with Crippen molar-refractivity contribution in [3.63, 3.8) is 0 Å². The quantitative estimate of drug-likeness (QED) is 0.616. The van der Waals surface area contributed by atoms with E-state index < -0.39 is 5.41 Å². The number of rotatable bonds is 5. The molecule has 2 aromatic heterocycles. The van der Waals surface area contributed by atoms with E-state index in [4.69, 9.17) is 4.52 Å². The number of hydrogen-bond donors (Lipinski definition) is 0. The first-order chi connectivity index (χ1) is 15.4. The molecule has 32 heavy (non-hydrogen) atoms. The standard InChI is InChI=1S/C25H28N4O3/c1-18-8-10-19(11-9-18)22-15-20(32-27-22)16-25(24(31)28(2)3)12-6-14-29(17-25)23(30)21-7-4-5-13-26-21/h4-5,7-11,13,15H,6,12,14,16-17H2,1-3H3. The second-order valence-electron chi connectivity index (χ2n) is 8.75. The Kier molecular flexibility index (Phi) is 6.08. The molecule has 1 atom stereocenters. The number of amides is 2. The first-order valence-corrected chi connectivity index (χ1v) is 10.8. The van der Waals surface area contributed by atoms with Crippen LogP contribution in [0.1, 0.15) is 34.7 Å². The molecule has 4 rings (SSSR count). The Morgan fingerprint density at radius 1 is 1.16 bits per heavy atom. The largest absolute Gasteiger partial charge is 0.361 e. The van der Waals surface area contributed by atoms with Crippen molar-refractivity contribution in [2.45, 2.75) is 26.2 Å². The number of aryl methyl sites for hydroxylation is 1. The maximum atomic E-state index is 13.4. The van der Waals surface area contributed by atoms with Gasteiger partial charge in [-0.2, -0.15) is 0 Å². The first kappa shape index (κ1) is 21.7. The van der Waals surface area contributed by atoms with Crippen molar-refractivity contribution in [2.24, 2.45) is 5.41 Å². The maximum Gasteiger partial charge on any atom is 0.272 e. The van der Waals surface area contributed by atoms with Crippen LogP contribution in [0.3, 0.4) is 0 Å². The minimum atomic E-state index is -0.768. The van der Waals surface area contributed by atoms with E-state index in [0.717, 1.165) is 17.7 Å². The summed E-state index contributed by atoms with van der Waals surface area (Å²) in [6, 6.07) is 15.3. The van der Waals surface area contributed by atoms with Crippen molar-refractivity contribution in [1.29, 1.82) is 0 Å². The average Bonchev–Trinajstić information content (AvgIpc) is 3.27. The molecule has 1 unspecified atom stereocenters. The third-order valence-electron chi connectivity index (χ3n) is 6.03. The van der Waals surface area contributed by atoms with Crippen LogP contribution in [0.15, 0.2) is 59.3 Å². The molecule has 1 aliphatic heterocycles. The number of piperidine rings is 1. The molecular formula is C25H28N4O3. The van der Waals surface area contributed by atoms with Crippen LogP contribution in [0.5, 0.6) is 0 Å². The summed E-state index contributed by atoms with van der Waals surface area (Å²) in [5.74, 6) is 0.478. The van der Waals surface area contributed by atoms with E-state index in [-0.39, 0.29) is 11.8 Å². The monoisotopic (exact) mass is 432 g/mol. The Balaban J connectivity index is 1.60. The number of carbonyl (C=O) groups excluding carboxylic acids is 2. The second-order valence-corrected chi connectivity index (χ2v) is 8.75. The van der Waals surface area contributed by atoms with E-state index in [2.05, 4.69) is 10.1 Å². The zero-order chi connectivity index (χ0) is 22.7. The maximum absolute atomic E-state index is 13.4. The van der Waals surface area contributed by atoms with Crippen LogP contribution in [0.2, 0.25) is 0 Å². The summed E-state index contributed by atoms with van der Waals surface area (Å²) >= 11 is 0. The fourth-order valence-corrected chi connectivity index (χ4v) is 4.42. The van der Waals surface area contributed by atoms with E-state index in [0.29, 0.717) is 37.4 Å². The molecule has 0 N–H and O–H groups in total. The van der Waals surface area contributed by atoms with Gasteiger partial charge in [0.2, 0.25) is 5.91 Å². The van der Waals surface area contributed by atoms with Crippen LogP contribution in [-0.2, 0) is 11.2 Å². The molecule has 166 valence electrons. The van der Waals surface area contributed by atoms with E-state index in [1.54, 1.807) is 48.3 Å². The summed E-state index contributed by atoms with van der Waals surface area (Å²) in [5, 5.41) is 4.23. The molecule has 1 saturated heterocycles. The fraction of sp³-hybridized carbons (Fsp3) is 0.360. The summed E-state index contributed by atoms with van der Waals surface area (Å²) in [6.07, 6.45) is 3.40. The third-order valence-corrected chi connectivity index (χ3v) is 6.03. The number of nitrogens with zero attached hydrogens (tertiary/aromatic N) is 4. The van der Waals surface area contributed by atoms with E-state index in [1.807, 2.05) is 37.3 Å². The van der Waals surface area contributed by atoms with Crippen molar-refractivity contribution in [3.05, 3.63) is 71.7 Å². The number of pyridine rings is 1. The van der Waals surface area contributed by atoms with Crippen LogP contribution in [0.25, 0.3) is 11.3 Å². The number of aromatic nitrogens is 2. The summed E-state index contributed by atoms with van der Waals surface area (Å²) in [4.78, 5) is 33.9. The molecule has 1 fully saturated rings. The third kappa shape index (κ3) is 4.42. The highest BCUT2D eigenvalue weighted by Crippen LogP contribution is 2.37. The lowest BCUT2D eigenvalue weighted by atomic mass is 9.75. The molecule has 0 aliphatic carbocycles. The van der Waals surface area contributed by atoms with E-state index in [1.165, 1.54) is 5.56 Å². The molecular weight excluding hydrogens is 404 g/mol. The van der Waals surface area contributed by atoms with Gasteiger partial charge in [-0.25, -0.2) is 0 Å². The number of benzene rings is 1. The van der Waals surface area contributed by atoms with Gasteiger partial charge >= 0.3 is 0 Å². The van der Waals surface area contributed by atoms with Gasteiger partial charge < -0.3 is 14.3 Å². The van der Waals surface area contributed by atoms with Crippen LogP contribution in [-0.4, -0.2) is 58.9 Å². The Morgan fingerprint density at radius 2 is 1.94 bits per heavy atom. The summed E-state index contributed by atoms with van der Waals surface area (Å²) < 4.78 is 5.65. The first-order valence-electron chi connectivity index (χ1n) is 10.8. The number of likely N-dealkylation sites (tertiary alicyclic amines) is 1. The molecule has 1 aromatic carbocycles. The molecule has 7 heteroatoms. The lowest BCUT2D eigenvalue weighted by Crippen LogP contribution is -2.54. The van der Waals surface area contributed by atoms with Gasteiger partial charge in [0.1, 0.15) is 17.1 Å². The van der Waals surface area contributed by atoms with Gasteiger partial charge in [-0.15, -0.1) is 0 Å². The van der Waals surface area contributed by atoms with E-state index in [9.17, 15) is 9.59 Å². The fourth-order valence-electron chi connectivity index (χ4n) is 4.42. The van der Waals surface area contributed by atoms with Crippen LogP contribution < -0.4 is 0 Å². The SMILES string of the molecule is Cc1ccc(-c2cc(CC3(C(=O)N(C)C)CCCN(C(=O)c4ccccn4)C3)on2)cc1. The van der Waals surface area contributed by atoms with Gasteiger partial charge in [0, 0.05) is 51.4 Å². The smallest absolute Gasteiger partial charge is 0.272 e. The van der Waals surface area contributed by atoms with Crippen LogP contribution in [0.4, 0.5) is 0 Å². The average molecular weight is 433 g/mol. The predicted molar refractivity (Wildman–Crippen MR) is 121 cm³/mol. The molecule has 2 amide bonds. The minimum absolute atomic E-state index is 0.00990. The summed E-state index contributed by atoms with van der Waals surface area (Å²) in [7, 11) is 3.50. The molecule has 0 saturated carbocycles. The molecule has 7 nitrogen and oxygen atoms in total. The highest BCUT2D eigenvalue weighted by molar-refractivity contribution is 5.93. The lowest BCUT2D eigenvalue weighted by molar-refractivity contribution is -0.142. The van der Waals surface area contributed by atoms with Gasteiger partial charge in [-0.05, 0) is 31.9 Å². The minimum Gasteiger partial charge on any atom is -0.361 e. The van der Waals surface area contributed by atoms with Gasteiger partial charge in [0.05, 0.1) is 5.41 Å². The predicted octanol–water partition coefficient (Wildman–Crippen LogP) is 3.60. The zero-order valence-corrected chi connectivity index (χ0v) is 18.7. The van der Waals surface area contributed by atoms with Crippen molar-refractivity contribution >= 4 is 11.8 Å². The van der Waals surface area contributed by atoms with Crippen molar-refractivity contribution in [3.8, 4) is 11.3 Å². The molecule has 0 spiro atoms. The van der Waals surface area contributed by atoms with E-state index >= 15 is 0 Å². The Hall–Kier alpha value is -3.48. The number of hydrogen-bond acceptors (Lipinski definition) is 5. The summed E-state index contributed by atoms with van der Waals surface area (Å²) in [6.45, 7) is 2.96. The van der Waals surface area contributed by atoms with Crippen molar-refractivity contribution < 1.29 is 14.1 Å². The molecule has 0 bridgehead atoms. The van der Waals surface area contributed by atoms with Gasteiger partial charge in [-0.3, -0.25) is 14.6 Å². The highest BCUT2D eigenvalue weighted by Gasteiger charge is 2.45. The second kappa shape index (κ2) is 8.94. The number of carbonyl (C=O) groups is 2. The van der Waals surface area contributed by atoms with Crippen LogP contribution in [0, 0.1) is 12.3 Å². The normalized spacial score (nSPS) is 18.4. The van der Waals surface area contributed by atoms with Gasteiger partial charge in [0.15, 0.2) is 0 Å².